The maximum atomic E-state index is 12.1. The molecule has 0 saturated heterocycles. The van der Waals surface area contributed by atoms with Gasteiger partial charge in [0, 0.05) is 17.5 Å². The van der Waals surface area contributed by atoms with Crippen molar-refractivity contribution in [3.05, 3.63) is 29.3 Å². The summed E-state index contributed by atoms with van der Waals surface area (Å²) in [5, 5.41) is 0. The summed E-state index contributed by atoms with van der Waals surface area (Å²) in [4.78, 5) is 22.1. The van der Waals surface area contributed by atoms with Gasteiger partial charge >= 0.3 is 5.97 Å². The van der Waals surface area contributed by atoms with Crippen molar-refractivity contribution in [3.63, 3.8) is 0 Å². The average Bonchev–Trinajstić information content (AvgIpc) is 2.62. The van der Waals surface area contributed by atoms with E-state index in [-0.39, 0.29) is 6.42 Å². The number of benzene rings is 1. The van der Waals surface area contributed by atoms with Gasteiger partial charge < -0.3 is 9.47 Å². The monoisotopic (exact) mass is 254 g/mol. The van der Waals surface area contributed by atoms with E-state index in [2.05, 4.69) is 4.74 Å². The number of alkyl halides is 1. The lowest BCUT2D eigenvalue weighted by atomic mass is 10.0. The molecule has 1 aliphatic carbocycles. The Bertz CT molecular complexity index is 497. The molecule has 0 spiro atoms. The molecule has 0 fully saturated rings. The number of hydrogen-bond donors (Lipinski definition) is 0. The number of esters is 1. The summed E-state index contributed by atoms with van der Waals surface area (Å²) < 4.78 is 9.73. The molecule has 0 amide bonds. The van der Waals surface area contributed by atoms with Gasteiger partial charge in [0.25, 0.3) is 0 Å². The molecule has 0 aromatic heterocycles. The molecule has 0 N–H and O–H groups in total. The lowest BCUT2D eigenvalue weighted by Crippen LogP contribution is -2.39. The molecular formula is C12H11ClO4. The van der Waals surface area contributed by atoms with E-state index < -0.39 is 16.6 Å². The largest absolute Gasteiger partial charge is 0.496 e. The van der Waals surface area contributed by atoms with Crippen LogP contribution in [0.5, 0.6) is 5.75 Å². The Hall–Kier alpha value is -1.55. The van der Waals surface area contributed by atoms with Crippen LogP contribution in [0, 0.1) is 0 Å². The summed E-state index contributed by atoms with van der Waals surface area (Å²) in [6.45, 7) is 0. The van der Waals surface area contributed by atoms with Crippen LogP contribution in [0.25, 0.3) is 0 Å². The SMILES string of the molecule is COC(=O)[C@@]1(Cl)Cc2c(OC)cccc2C1=O. The molecule has 1 aliphatic rings. The van der Waals surface area contributed by atoms with Gasteiger partial charge in [0.15, 0.2) is 5.78 Å². The molecule has 4 nitrogen and oxygen atoms in total. The molecule has 90 valence electrons. The maximum absolute atomic E-state index is 12.1. The highest BCUT2D eigenvalue weighted by molar-refractivity contribution is 6.49. The van der Waals surface area contributed by atoms with Crippen molar-refractivity contribution in [2.24, 2.45) is 0 Å². The third-order valence-corrected chi connectivity index (χ3v) is 3.35. The number of carbonyl (C=O) groups excluding carboxylic acids is 2. The Morgan fingerprint density at radius 1 is 1.41 bits per heavy atom. The van der Waals surface area contributed by atoms with Crippen LogP contribution in [-0.4, -0.2) is 30.8 Å². The highest BCUT2D eigenvalue weighted by Crippen LogP contribution is 2.40. The Morgan fingerprint density at radius 3 is 2.71 bits per heavy atom. The quantitative estimate of drug-likeness (QED) is 0.457. The van der Waals surface area contributed by atoms with Gasteiger partial charge in [0.2, 0.25) is 4.87 Å². The van der Waals surface area contributed by atoms with Crippen LogP contribution in [0.3, 0.4) is 0 Å². The number of fused-ring (bicyclic) bond motifs is 1. The van der Waals surface area contributed by atoms with Gasteiger partial charge in [-0.2, -0.15) is 0 Å². The van der Waals surface area contributed by atoms with Gasteiger partial charge in [0.05, 0.1) is 14.2 Å². The summed E-state index contributed by atoms with van der Waals surface area (Å²) in [6.07, 6.45) is 0.0966. The van der Waals surface area contributed by atoms with Crippen molar-refractivity contribution in [2.75, 3.05) is 14.2 Å². The number of methoxy groups -OCH3 is 2. The molecule has 1 aromatic rings. The maximum Gasteiger partial charge on any atom is 0.335 e. The second kappa shape index (κ2) is 4.04. The molecule has 1 aromatic carbocycles. The van der Waals surface area contributed by atoms with E-state index in [1.807, 2.05) is 0 Å². The zero-order chi connectivity index (χ0) is 12.6. The molecule has 1 atom stereocenters. The lowest BCUT2D eigenvalue weighted by Gasteiger charge is -2.15. The smallest absolute Gasteiger partial charge is 0.335 e. The second-order valence-corrected chi connectivity index (χ2v) is 4.43. The Labute approximate surface area is 103 Å². The van der Waals surface area contributed by atoms with Crippen molar-refractivity contribution < 1.29 is 19.1 Å². The third-order valence-electron chi connectivity index (χ3n) is 2.89. The minimum atomic E-state index is -1.65. The van der Waals surface area contributed by atoms with Gasteiger partial charge in [-0.25, -0.2) is 4.79 Å². The topological polar surface area (TPSA) is 52.6 Å². The van der Waals surface area contributed by atoms with Crippen LogP contribution in [0.1, 0.15) is 15.9 Å². The summed E-state index contributed by atoms with van der Waals surface area (Å²) in [6, 6.07) is 5.05. The highest BCUT2D eigenvalue weighted by atomic mass is 35.5. The molecule has 0 saturated carbocycles. The molecule has 17 heavy (non-hydrogen) atoms. The first kappa shape index (κ1) is 11.9. The number of halogens is 1. The van der Waals surface area contributed by atoms with Crippen molar-refractivity contribution in [2.45, 2.75) is 11.3 Å². The van der Waals surface area contributed by atoms with E-state index in [0.29, 0.717) is 16.9 Å². The summed E-state index contributed by atoms with van der Waals surface area (Å²) in [5.41, 5.74) is 1.07. The van der Waals surface area contributed by atoms with Crippen molar-refractivity contribution in [1.82, 2.24) is 0 Å². The first-order valence-corrected chi connectivity index (χ1v) is 5.40. The van der Waals surface area contributed by atoms with Crippen LogP contribution >= 0.6 is 11.6 Å². The highest BCUT2D eigenvalue weighted by Gasteiger charge is 2.52. The molecule has 5 heteroatoms. The summed E-state index contributed by atoms with van der Waals surface area (Å²) in [7, 11) is 2.71. The first-order valence-electron chi connectivity index (χ1n) is 5.02. The van der Waals surface area contributed by atoms with Crippen molar-refractivity contribution in [1.29, 1.82) is 0 Å². The number of hydrogen-bond acceptors (Lipinski definition) is 4. The zero-order valence-electron chi connectivity index (χ0n) is 9.45. The van der Waals surface area contributed by atoms with E-state index >= 15 is 0 Å². The molecule has 0 radical (unpaired) electrons. The van der Waals surface area contributed by atoms with Crippen molar-refractivity contribution in [3.8, 4) is 5.75 Å². The number of Topliss-reactive ketones (excluding diaryl/α,β-unsaturated/α-hetero) is 1. The van der Waals surface area contributed by atoms with E-state index in [4.69, 9.17) is 16.3 Å². The van der Waals surface area contributed by atoms with Gasteiger partial charge in [0.1, 0.15) is 5.75 Å². The summed E-state index contributed by atoms with van der Waals surface area (Å²) in [5.74, 6) is -0.607. The minimum absolute atomic E-state index is 0.0966. The number of carbonyl (C=O) groups is 2. The second-order valence-electron chi connectivity index (χ2n) is 3.79. The van der Waals surface area contributed by atoms with E-state index in [1.165, 1.54) is 14.2 Å². The van der Waals surface area contributed by atoms with Crippen LogP contribution in [0.4, 0.5) is 0 Å². The molecule has 0 heterocycles. The van der Waals surface area contributed by atoms with E-state index in [1.54, 1.807) is 18.2 Å². The van der Waals surface area contributed by atoms with E-state index in [0.717, 1.165) is 0 Å². The first-order chi connectivity index (χ1) is 8.04. The van der Waals surface area contributed by atoms with Crippen LogP contribution < -0.4 is 4.74 Å². The fourth-order valence-corrected chi connectivity index (χ4v) is 2.33. The third kappa shape index (κ3) is 1.60. The Balaban J connectivity index is 2.52. The molecule has 2 rings (SSSR count). The normalized spacial score (nSPS) is 22.2. The summed E-state index contributed by atoms with van der Waals surface area (Å²) >= 11 is 6.09. The number of rotatable bonds is 2. The van der Waals surface area contributed by atoms with Crippen LogP contribution in [-0.2, 0) is 16.0 Å². The number of ether oxygens (including phenoxy) is 2. The average molecular weight is 255 g/mol. The van der Waals surface area contributed by atoms with Crippen LogP contribution in [0.2, 0.25) is 0 Å². The minimum Gasteiger partial charge on any atom is -0.496 e. The Kier molecular flexibility index (Phi) is 2.83. The van der Waals surface area contributed by atoms with E-state index in [9.17, 15) is 9.59 Å². The zero-order valence-corrected chi connectivity index (χ0v) is 10.2. The lowest BCUT2D eigenvalue weighted by molar-refractivity contribution is -0.142. The van der Waals surface area contributed by atoms with Crippen LogP contribution in [0.15, 0.2) is 18.2 Å². The predicted molar refractivity (Wildman–Crippen MR) is 61.6 cm³/mol. The predicted octanol–water partition coefficient (Wildman–Crippen LogP) is 1.58. The molecule has 0 bridgehead atoms. The standard InChI is InChI=1S/C12H11ClO4/c1-16-9-5-3-4-7-8(9)6-12(13,10(7)14)11(15)17-2/h3-5H,6H2,1-2H3/t12-/m1/s1. The molecular weight excluding hydrogens is 244 g/mol. The number of ketones is 1. The molecule has 0 unspecified atom stereocenters. The van der Waals surface area contributed by atoms with Gasteiger partial charge in [-0.1, -0.05) is 23.7 Å². The fourth-order valence-electron chi connectivity index (χ4n) is 2.02. The fraction of sp³-hybridized carbons (Fsp3) is 0.333. The van der Waals surface area contributed by atoms with Gasteiger partial charge in [-0.05, 0) is 6.07 Å². The van der Waals surface area contributed by atoms with Crippen molar-refractivity contribution >= 4 is 23.4 Å². The van der Waals surface area contributed by atoms with Gasteiger partial charge in [-0.15, -0.1) is 0 Å². The molecule has 0 aliphatic heterocycles. The van der Waals surface area contributed by atoms with Gasteiger partial charge in [-0.3, -0.25) is 4.79 Å². The Morgan fingerprint density at radius 2 is 2.12 bits per heavy atom.